The van der Waals surface area contributed by atoms with Crippen molar-refractivity contribution in [2.24, 2.45) is 5.92 Å². The number of hydrogen-bond donors (Lipinski definition) is 1. The van der Waals surface area contributed by atoms with E-state index in [-0.39, 0.29) is 12.5 Å². The maximum atomic E-state index is 12.2. The molecule has 146 valence electrons. The Labute approximate surface area is 170 Å². The lowest BCUT2D eigenvalue weighted by Gasteiger charge is -2.14. The predicted molar refractivity (Wildman–Crippen MR) is 114 cm³/mol. The van der Waals surface area contributed by atoms with Gasteiger partial charge in [-0.05, 0) is 66.3 Å². The lowest BCUT2D eigenvalue weighted by Crippen LogP contribution is -2.20. The summed E-state index contributed by atoms with van der Waals surface area (Å²) < 4.78 is 12.4. The zero-order valence-electron chi connectivity index (χ0n) is 16.4. The van der Waals surface area contributed by atoms with Crippen LogP contribution >= 0.6 is 15.9 Å². The number of nitrogens with one attached hydrogen (secondary N) is 1. The van der Waals surface area contributed by atoms with Crippen molar-refractivity contribution in [3.63, 3.8) is 0 Å². The van der Waals surface area contributed by atoms with Gasteiger partial charge in [0.05, 0.1) is 6.61 Å². The highest BCUT2D eigenvalue weighted by Crippen LogP contribution is 2.29. The van der Waals surface area contributed by atoms with Crippen LogP contribution in [-0.4, -0.2) is 19.1 Å². The van der Waals surface area contributed by atoms with Crippen LogP contribution in [0.1, 0.15) is 45.6 Å². The van der Waals surface area contributed by atoms with E-state index in [1.54, 1.807) is 0 Å². The van der Waals surface area contributed by atoms with Gasteiger partial charge in [-0.15, -0.1) is 0 Å². The van der Waals surface area contributed by atoms with E-state index in [2.05, 4.69) is 48.9 Å². The van der Waals surface area contributed by atoms with Gasteiger partial charge in [0, 0.05) is 10.2 Å². The fourth-order valence-corrected chi connectivity index (χ4v) is 2.87. The molecule has 0 aromatic heterocycles. The van der Waals surface area contributed by atoms with E-state index in [1.165, 1.54) is 0 Å². The smallest absolute Gasteiger partial charge is 0.262 e. The van der Waals surface area contributed by atoms with Crippen LogP contribution in [0.5, 0.6) is 11.5 Å². The van der Waals surface area contributed by atoms with Crippen LogP contribution in [0.2, 0.25) is 0 Å². The molecule has 1 amide bonds. The molecule has 0 spiro atoms. The second-order valence-electron chi connectivity index (χ2n) is 7.23. The van der Waals surface area contributed by atoms with Crippen LogP contribution in [0.3, 0.4) is 0 Å². The average molecular weight is 434 g/mol. The van der Waals surface area contributed by atoms with E-state index in [1.807, 2.05) is 42.5 Å². The first-order valence-electron chi connectivity index (χ1n) is 9.30. The zero-order chi connectivity index (χ0) is 19.8. The second-order valence-corrected chi connectivity index (χ2v) is 8.14. The third-order valence-corrected chi connectivity index (χ3v) is 4.55. The number of anilines is 1. The first kappa shape index (κ1) is 21.3. The molecule has 0 aliphatic heterocycles. The van der Waals surface area contributed by atoms with E-state index in [9.17, 15) is 4.79 Å². The molecule has 2 aromatic carbocycles. The standard InChI is InChI=1S/C22H28BrNO3/c1-15(2)11-12-26-19-8-6-18(7-9-19)24-22(25)14-27-21-10-5-17(23)13-20(21)16(3)4/h5-10,13,15-16H,11-12,14H2,1-4H3,(H,24,25). The second kappa shape index (κ2) is 10.4. The molecule has 0 atom stereocenters. The highest BCUT2D eigenvalue weighted by atomic mass is 79.9. The summed E-state index contributed by atoms with van der Waals surface area (Å²) in [4.78, 5) is 12.2. The molecule has 0 unspecified atom stereocenters. The van der Waals surface area contributed by atoms with Crippen LogP contribution < -0.4 is 14.8 Å². The zero-order valence-corrected chi connectivity index (χ0v) is 18.0. The van der Waals surface area contributed by atoms with Crippen molar-refractivity contribution in [1.82, 2.24) is 0 Å². The van der Waals surface area contributed by atoms with Crippen molar-refractivity contribution in [3.8, 4) is 11.5 Å². The predicted octanol–water partition coefficient (Wildman–Crippen LogP) is 6.01. The van der Waals surface area contributed by atoms with Gasteiger partial charge in [-0.2, -0.15) is 0 Å². The Morgan fingerprint density at radius 3 is 2.37 bits per heavy atom. The maximum absolute atomic E-state index is 12.2. The van der Waals surface area contributed by atoms with Crippen LogP contribution in [0, 0.1) is 5.92 Å². The molecule has 5 heteroatoms. The molecule has 0 saturated carbocycles. The molecule has 4 nitrogen and oxygen atoms in total. The van der Waals surface area contributed by atoms with Gasteiger partial charge in [0.25, 0.3) is 5.91 Å². The van der Waals surface area contributed by atoms with Gasteiger partial charge in [0.15, 0.2) is 6.61 Å². The van der Waals surface area contributed by atoms with Crippen molar-refractivity contribution in [2.75, 3.05) is 18.5 Å². The molecule has 2 rings (SSSR count). The molecule has 0 heterocycles. The number of benzene rings is 2. The summed E-state index contributed by atoms with van der Waals surface area (Å²) in [7, 11) is 0. The number of hydrogen-bond acceptors (Lipinski definition) is 3. The quantitative estimate of drug-likeness (QED) is 0.526. The van der Waals surface area contributed by atoms with E-state index in [0.717, 1.165) is 33.6 Å². The minimum atomic E-state index is -0.193. The highest BCUT2D eigenvalue weighted by molar-refractivity contribution is 9.10. The third kappa shape index (κ3) is 7.25. The number of rotatable bonds is 9. The van der Waals surface area contributed by atoms with E-state index < -0.39 is 0 Å². The maximum Gasteiger partial charge on any atom is 0.262 e. The Bertz CT molecular complexity index is 742. The molecule has 0 saturated heterocycles. The van der Waals surface area contributed by atoms with Gasteiger partial charge < -0.3 is 14.8 Å². The van der Waals surface area contributed by atoms with Gasteiger partial charge >= 0.3 is 0 Å². The van der Waals surface area contributed by atoms with Crippen LogP contribution in [-0.2, 0) is 4.79 Å². The molecule has 0 aliphatic rings. The minimum Gasteiger partial charge on any atom is -0.494 e. The Morgan fingerprint density at radius 2 is 1.74 bits per heavy atom. The topological polar surface area (TPSA) is 47.6 Å². The molecule has 0 radical (unpaired) electrons. The summed E-state index contributed by atoms with van der Waals surface area (Å²) in [5.41, 5.74) is 1.79. The Morgan fingerprint density at radius 1 is 1.04 bits per heavy atom. The summed E-state index contributed by atoms with van der Waals surface area (Å²) in [6.07, 6.45) is 1.02. The SMILES string of the molecule is CC(C)CCOc1ccc(NC(=O)COc2ccc(Br)cc2C(C)C)cc1. The Hall–Kier alpha value is -2.01. The van der Waals surface area contributed by atoms with E-state index in [4.69, 9.17) is 9.47 Å². The fraction of sp³-hybridized carbons (Fsp3) is 0.409. The monoisotopic (exact) mass is 433 g/mol. The summed E-state index contributed by atoms with van der Waals surface area (Å²) in [6, 6.07) is 13.2. The number of ether oxygens (including phenoxy) is 2. The molecule has 0 aliphatic carbocycles. The van der Waals surface area contributed by atoms with Crippen molar-refractivity contribution in [2.45, 2.75) is 40.0 Å². The van der Waals surface area contributed by atoms with Crippen LogP contribution in [0.25, 0.3) is 0 Å². The Kier molecular flexibility index (Phi) is 8.17. The molecule has 27 heavy (non-hydrogen) atoms. The van der Waals surface area contributed by atoms with E-state index >= 15 is 0 Å². The molecule has 0 fully saturated rings. The number of carbonyl (C=O) groups excluding carboxylic acids is 1. The lowest BCUT2D eigenvalue weighted by molar-refractivity contribution is -0.118. The van der Waals surface area contributed by atoms with Gasteiger partial charge in [-0.25, -0.2) is 0 Å². The normalized spacial score (nSPS) is 10.9. The molecular formula is C22H28BrNO3. The number of carbonyl (C=O) groups is 1. The number of amides is 1. The van der Waals surface area contributed by atoms with Crippen molar-refractivity contribution in [1.29, 1.82) is 0 Å². The summed E-state index contributed by atoms with van der Waals surface area (Å²) in [5.74, 6) is 2.27. The molecule has 2 aromatic rings. The van der Waals surface area contributed by atoms with Crippen molar-refractivity contribution < 1.29 is 14.3 Å². The molecule has 0 bridgehead atoms. The van der Waals surface area contributed by atoms with Gasteiger partial charge in [-0.1, -0.05) is 43.6 Å². The first-order valence-corrected chi connectivity index (χ1v) is 10.1. The largest absolute Gasteiger partial charge is 0.494 e. The molecule has 1 N–H and O–H groups in total. The summed E-state index contributed by atoms with van der Waals surface area (Å²) in [5, 5.41) is 2.85. The summed E-state index contributed by atoms with van der Waals surface area (Å²) in [6.45, 7) is 9.19. The van der Waals surface area contributed by atoms with Crippen molar-refractivity contribution >= 4 is 27.5 Å². The van der Waals surface area contributed by atoms with E-state index in [0.29, 0.717) is 18.4 Å². The lowest BCUT2D eigenvalue weighted by atomic mass is 10.0. The summed E-state index contributed by atoms with van der Waals surface area (Å²) >= 11 is 3.47. The minimum absolute atomic E-state index is 0.0337. The van der Waals surface area contributed by atoms with Gasteiger partial charge in [-0.3, -0.25) is 4.79 Å². The first-order chi connectivity index (χ1) is 12.8. The molecular weight excluding hydrogens is 406 g/mol. The van der Waals surface area contributed by atoms with Crippen LogP contribution in [0.15, 0.2) is 46.9 Å². The van der Waals surface area contributed by atoms with Crippen molar-refractivity contribution in [3.05, 3.63) is 52.5 Å². The van der Waals surface area contributed by atoms with Gasteiger partial charge in [0.1, 0.15) is 11.5 Å². The highest BCUT2D eigenvalue weighted by Gasteiger charge is 2.11. The van der Waals surface area contributed by atoms with Gasteiger partial charge in [0.2, 0.25) is 0 Å². The van der Waals surface area contributed by atoms with Crippen LogP contribution in [0.4, 0.5) is 5.69 Å². The third-order valence-electron chi connectivity index (χ3n) is 4.05. The Balaban J connectivity index is 1.85. The average Bonchev–Trinajstić information content (AvgIpc) is 2.61. The fourth-order valence-electron chi connectivity index (χ4n) is 2.49. The number of halogens is 1.